The van der Waals surface area contributed by atoms with Gasteiger partial charge in [-0.15, -0.1) is 0 Å². The van der Waals surface area contributed by atoms with Crippen LogP contribution in [0.5, 0.6) is 0 Å². The van der Waals surface area contributed by atoms with Gasteiger partial charge in [0.2, 0.25) is 0 Å². The van der Waals surface area contributed by atoms with Gasteiger partial charge >= 0.3 is 12.3 Å². The maximum Gasteiger partial charge on any atom is 0.416 e. The molecule has 0 unspecified atom stereocenters. The van der Waals surface area contributed by atoms with Crippen LogP contribution in [0.4, 0.5) is 18.0 Å². The summed E-state index contributed by atoms with van der Waals surface area (Å²) in [6.45, 7) is 7.12. The van der Waals surface area contributed by atoms with Crippen molar-refractivity contribution in [2.24, 2.45) is 0 Å². The number of hydrogen-bond acceptors (Lipinski definition) is 3. The number of hydrogen-bond donors (Lipinski definition) is 3. The van der Waals surface area contributed by atoms with Crippen molar-refractivity contribution in [3.63, 3.8) is 0 Å². The summed E-state index contributed by atoms with van der Waals surface area (Å²) in [5.41, 5.74) is 0.553. The molecule has 2 aromatic rings. The second-order valence-electron chi connectivity index (χ2n) is 8.92. The van der Waals surface area contributed by atoms with Crippen LogP contribution >= 0.6 is 0 Å². The highest BCUT2D eigenvalue weighted by molar-refractivity contribution is 5.66. The van der Waals surface area contributed by atoms with Gasteiger partial charge in [-0.3, -0.25) is 4.90 Å². The SMILES string of the molecule is Cc1ccc(C(F)(F)F)cc1CNC[C@H](O)[C@H](Cc1ccccc1)N(C(=O)O)C(C)(C)C. The molecule has 0 aliphatic heterocycles. The van der Waals surface area contributed by atoms with Gasteiger partial charge in [0.25, 0.3) is 0 Å². The van der Waals surface area contributed by atoms with Gasteiger partial charge in [-0.1, -0.05) is 36.4 Å². The normalized spacial score (nSPS) is 14.1. The van der Waals surface area contributed by atoms with Crippen LogP contribution in [0.25, 0.3) is 0 Å². The number of aliphatic hydroxyl groups is 1. The van der Waals surface area contributed by atoms with Crippen molar-refractivity contribution in [3.05, 3.63) is 70.8 Å². The molecule has 0 fully saturated rings. The molecular weight excluding hydrogens is 421 g/mol. The van der Waals surface area contributed by atoms with Crippen LogP contribution in [-0.2, 0) is 19.1 Å². The summed E-state index contributed by atoms with van der Waals surface area (Å²) in [5.74, 6) is 0. The van der Waals surface area contributed by atoms with Gasteiger partial charge in [0.05, 0.1) is 17.7 Å². The molecule has 3 N–H and O–H groups in total. The predicted octanol–water partition coefficient (Wildman–Crippen LogP) is 4.85. The maximum atomic E-state index is 13.0. The van der Waals surface area contributed by atoms with Gasteiger partial charge in [0.15, 0.2) is 0 Å². The number of nitrogens with one attached hydrogen (secondary N) is 1. The third kappa shape index (κ3) is 6.97. The van der Waals surface area contributed by atoms with E-state index < -0.39 is 35.5 Å². The largest absolute Gasteiger partial charge is 0.465 e. The zero-order chi connectivity index (χ0) is 24.1. The van der Waals surface area contributed by atoms with E-state index in [1.807, 2.05) is 30.3 Å². The summed E-state index contributed by atoms with van der Waals surface area (Å²) in [7, 11) is 0. The Hall–Kier alpha value is -2.58. The fourth-order valence-electron chi connectivity index (χ4n) is 3.71. The molecule has 2 aromatic carbocycles. The third-order valence-corrected chi connectivity index (χ3v) is 5.34. The topological polar surface area (TPSA) is 72.8 Å². The Labute approximate surface area is 186 Å². The molecule has 0 aliphatic carbocycles. The molecule has 176 valence electrons. The minimum atomic E-state index is -4.43. The third-order valence-electron chi connectivity index (χ3n) is 5.34. The Morgan fingerprint density at radius 2 is 1.72 bits per heavy atom. The number of amides is 1. The van der Waals surface area contributed by atoms with Gasteiger partial charge in [0, 0.05) is 18.6 Å². The number of alkyl halides is 3. The minimum Gasteiger partial charge on any atom is -0.465 e. The lowest BCUT2D eigenvalue weighted by Crippen LogP contribution is -2.58. The molecule has 2 atom stereocenters. The number of carbonyl (C=O) groups is 1. The zero-order valence-corrected chi connectivity index (χ0v) is 18.8. The lowest BCUT2D eigenvalue weighted by Gasteiger charge is -2.42. The Balaban J connectivity index is 2.18. The number of carboxylic acid groups (broad SMARTS) is 1. The quantitative estimate of drug-likeness (QED) is 0.535. The van der Waals surface area contributed by atoms with Gasteiger partial charge < -0.3 is 15.5 Å². The number of aryl methyl sites for hydroxylation is 1. The Bertz CT molecular complexity index is 896. The molecule has 0 heterocycles. The number of benzene rings is 2. The summed E-state index contributed by atoms with van der Waals surface area (Å²) in [6, 6.07) is 12.1. The van der Waals surface area contributed by atoms with E-state index in [4.69, 9.17) is 0 Å². The van der Waals surface area contributed by atoms with Crippen LogP contribution in [0.2, 0.25) is 0 Å². The molecule has 5 nitrogen and oxygen atoms in total. The average Bonchev–Trinajstić information content (AvgIpc) is 2.67. The number of rotatable bonds is 8. The fraction of sp³-hybridized carbons (Fsp3) is 0.458. The van der Waals surface area contributed by atoms with E-state index in [0.717, 1.165) is 17.7 Å². The Kier molecular flexibility index (Phi) is 8.31. The Morgan fingerprint density at radius 3 is 2.25 bits per heavy atom. The smallest absolute Gasteiger partial charge is 0.416 e. The molecule has 0 bridgehead atoms. The lowest BCUT2D eigenvalue weighted by molar-refractivity contribution is -0.137. The number of nitrogens with zero attached hydrogens (tertiary/aromatic N) is 1. The van der Waals surface area contributed by atoms with E-state index in [1.165, 1.54) is 11.0 Å². The average molecular weight is 453 g/mol. The van der Waals surface area contributed by atoms with E-state index in [1.54, 1.807) is 27.7 Å². The molecule has 2 rings (SSSR count). The van der Waals surface area contributed by atoms with Crippen LogP contribution in [0.1, 0.15) is 43.0 Å². The van der Waals surface area contributed by atoms with E-state index in [0.29, 0.717) is 17.5 Å². The second-order valence-corrected chi connectivity index (χ2v) is 8.92. The van der Waals surface area contributed by atoms with Crippen LogP contribution in [0.3, 0.4) is 0 Å². The monoisotopic (exact) mass is 452 g/mol. The highest BCUT2D eigenvalue weighted by Gasteiger charge is 2.37. The fourth-order valence-corrected chi connectivity index (χ4v) is 3.71. The first-order valence-electron chi connectivity index (χ1n) is 10.4. The minimum absolute atomic E-state index is 0.0209. The molecule has 0 aromatic heterocycles. The highest BCUT2D eigenvalue weighted by Crippen LogP contribution is 2.30. The molecule has 0 saturated heterocycles. The maximum absolute atomic E-state index is 13.0. The first kappa shape index (κ1) is 25.7. The van der Waals surface area contributed by atoms with E-state index in [2.05, 4.69) is 5.32 Å². The first-order chi connectivity index (χ1) is 14.8. The predicted molar refractivity (Wildman–Crippen MR) is 117 cm³/mol. The molecule has 0 radical (unpaired) electrons. The van der Waals surface area contributed by atoms with Gasteiger partial charge in [-0.05, 0) is 62.9 Å². The summed E-state index contributed by atoms with van der Waals surface area (Å²) >= 11 is 0. The Morgan fingerprint density at radius 1 is 1.09 bits per heavy atom. The molecule has 32 heavy (non-hydrogen) atoms. The standard InChI is InChI=1S/C24H31F3N2O3/c1-16-10-11-19(24(25,26)27)13-18(16)14-28-15-21(30)20(12-17-8-6-5-7-9-17)29(22(31)32)23(2,3)4/h5-11,13,20-21,28,30H,12,14-15H2,1-4H3,(H,31,32)/t20-,21-/m0/s1. The molecule has 0 spiro atoms. The van der Waals surface area contributed by atoms with E-state index in [-0.39, 0.29) is 13.1 Å². The van der Waals surface area contributed by atoms with Crippen molar-refractivity contribution < 1.29 is 28.2 Å². The highest BCUT2D eigenvalue weighted by atomic mass is 19.4. The van der Waals surface area contributed by atoms with E-state index in [9.17, 15) is 28.2 Å². The van der Waals surface area contributed by atoms with Crippen molar-refractivity contribution >= 4 is 6.09 Å². The summed E-state index contributed by atoms with van der Waals surface area (Å²) in [4.78, 5) is 13.3. The number of halogens is 3. The van der Waals surface area contributed by atoms with Crippen molar-refractivity contribution in [1.29, 1.82) is 0 Å². The van der Waals surface area contributed by atoms with Crippen LogP contribution in [-0.4, -0.2) is 45.4 Å². The van der Waals surface area contributed by atoms with Crippen LogP contribution in [0, 0.1) is 6.92 Å². The van der Waals surface area contributed by atoms with Crippen molar-refractivity contribution in [1.82, 2.24) is 10.2 Å². The van der Waals surface area contributed by atoms with E-state index >= 15 is 0 Å². The van der Waals surface area contributed by atoms with Crippen molar-refractivity contribution in [3.8, 4) is 0 Å². The summed E-state index contributed by atoms with van der Waals surface area (Å²) in [6.07, 6.45) is -6.35. The molecule has 0 saturated carbocycles. The summed E-state index contributed by atoms with van der Waals surface area (Å²) < 4.78 is 39.1. The molecular formula is C24H31F3N2O3. The number of aliphatic hydroxyl groups excluding tert-OH is 1. The second kappa shape index (κ2) is 10.4. The molecule has 0 aliphatic rings. The van der Waals surface area contributed by atoms with Gasteiger partial charge in [-0.2, -0.15) is 13.2 Å². The molecule has 1 amide bonds. The summed E-state index contributed by atoms with van der Waals surface area (Å²) in [5, 5.41) is 23.8. The van der Waals surface area contributed by atoms with Gasteiger partial charge in [0.1, 0.15) is 0 Å². The first-order valence-corrected chi connectivity index (χ1v) is 10.4. The van der Waals surface area contributed by atoms with Crippen molar-refractivity contribution in [2.75, 3.05) is 6.54 Å². The lowest BCUT2D eigenvalue weighted by atomic mass is 9.94. The van der Waals surface area contributed by atoms with Crippen LogP contribution in [0.15, 0.2) is 48.5 Å². The molecule has 8 heteroatoms. The zero-order valence-electron chi connectivity index (χ0n) is 18.8. The van der Waals surface area contributed by atoms with Crippen LogP contribution < -0.4 is 5.32 Å². The van der Waals surface area contributed by atoms with Gasteiger partial charge in [-0.25, -0.2) is 4.79 Å². The van der Waals surface area contributed by atoms with Crippen molar-refractivity contribution in [2.45, 2.75) is 64.5 Å².